The van der Waals surface area contributed by atoms with Crippen LogP contribution in [0.1, 0.15) is 30.4 Å². The van der Waals surface area contributed by atoms with Gasteiger partial charge in [0.1, 0.15) is 0 Å². The summed E-state index contributed by atoms with van der Waals surface area (Å²) in [6.07, 6.45) is -3.85. The third-order valence-electron chi connectivity index (χ3n) is 5.00. The third kappa shape index (κ3) is 5.84. The first-order valence-corrected chi connectivity index (χ1v) is 11.1. The number of benzene rings is 2. The highest BCUT2D eigenvalue weighted by atomic mass is 32.2. The molecule has 1 saturated carbocycles. The molecule has 0 aromatic heterocycles. The molecule has 0 heterocycles. The summed E-state index contributed by atoms with van der Waals surface area (Å²) < 4.78 is 70.1. The van der Waals surface area contributed by atoms with Crippen LogP contribution >= 0.6 is 0 Å². The second-order valence-corrected chi connectivity index (χ2v) is 9.27. The van der Waals surface area contributed by atoms with Gasteiger partial charge in [0.2, 0.25) is 15.9 Å². The molecule has 0 bridgehead atoms. The van der Waals surface area contributed by atoms with Crippen LogP contribution < -0.4 is 10.0 Å². The average molecular weight is 456 g/mol. The molecule has 1 fully saturated rings. The van der Waals surface area contributed by atoms with E-state index in [9.17, 15) is 26.4 Å². The molecule has 2 aromatic rings. The van der Waals surface area contributed by atoms with Crippen molar-refractivity contribution >= 4 is 21.6 Å². The van der Waals surface area contributed by atoms with Crippen LogP contribution in [0.2, 0.25) is 0 Å². The molecule has 6 nitrogen and oxygen atoms in total. The van der Waals surface area contributed by atoms with Crippen LogP contribution in [0.5, 0.6) is 0 Å². The normalized spacial score (nSPS) is 19.6. The van der Waals surface area contributed by atoms with Crippen LogP contribution in [-0.2, 0) is 25.7 Å². The van der Waals surface area contributed by atoms with Gasteiger partial charge in [0.25, 0.3) is 0 Å². The second-order valence-electron chi connectivity index (χ2n) is 7.56. The lowest BCUT2D eigenvalue weighted by Gasteiger charge is -2.13. The fourth-order valence-corrected chi connectivity index (χ4v) is 4.57. The first-order chi connectivity index (χ1) is 14.5. The summed E-state index contributed by atoms with van der Waals surface area (Å²) in [7, 11) is -2.24. The van der Waals surface area contributed by atoms with Gasteiger partial charge in [-0.2, -0.15) is 13.2 Å². The molecule has 168 valence electrons. The Hall–Kier alpha value is -2.43. The van der Waals surface area contributed by atoms with Gasteiger partial charge in [0, 0.05) is 24.8 Å². The molecule has 0 saturated heterocycles. The van der Waals surface area contributed by atoms with Gasteiger partial charge in [-0.3, -0.25) is 4.79 Å². The summed E-state index contributed by atoms with van der Waals surface area (Å²) >= 11 is 0. The lowest BCUT2D eigenvalue weighted by atomic mass is 10.1. The van der Waals surface area contributed by atoms with Gasteiger partial charge in [-0.1, -0.05) is 12.1 Å². The smallest absolute Gasteiger partial charge is 0.383 e. The van der Waals surface area contributed by atoms with E-state index in [0.717, 1.165) is 12.1 Å². The van der Waals surface area contributed by atoms with Crippen molar-refractivity contribution in [3.05, 3.63) is 59.7 Å². The quantitative estimate of drug-likeness (QED) is 0.634. The van der Waals surface area contributed by atoms with Gasteiger partial charge >= 0.3 is 6.18 Å². The molecule has 0 radical (unpaired) electrons. The van der Waals surface area contributed by atoms with Crippen LogP contribution in [0.15, 0.2) is 53.4 Å². The molecule has 1 aliphatic carbocycles. The third-order valence-corrected chi connectivity index (χ3v) is 6.60. The van der Waals surface area contributed by atoms with Crippen molar-refractivity contribution in [2.24, 2.45) is 5.92 Å². The summed E-state index contributed by atoms with van der Waals surface area (Å²) in [6, 6.07) is 10.2. The molecule has 10 heteroatoms. The van der Waals surface area contributed by atoms with E-state index in [-0.39, 0.29) is 29.2 Å². The molecule has 2 aromatic carbocycles. The summed E-state index contributed by atoms with van der Waals surface area (Å²) in [5.41, 5.74) is 0.400. The van der Waals surface area contributed by atoms with Crippen molar-refractivity contribution in [1.29, 1.82) is 0 Å². The number of anilines is 1. The van der Waals surface area contributed by atoms with E-state index in [1.54, 1.807) is 6.92 Å². The average Bonchev–Trinajstić information content (AvgIpc) is 3.49. The van der Waals surface area contributed by atoms with Crippen molar-refractivity contribution < 1.29 is 31.1 Å². The highest BCUT2D eigenvalue weighted by Crippen LogP contribution is 2.48. The van der Waals surface area contributed by atoms with E-state index < -0.39 is 27.8 Å². The molecular weight excluding hydrogens is 433 g/mol. The minimum Gasteiger partial charge on any atom is -0.383 e. The highest BCUT2D eigenvalue weighted by Gasteiger charge is 2.44. The molecule has 1 amide bonds. The Balaban J connectivity index is 1.58. The zero-order valence-corrected chi connectivity index (χ0v) is 17.8. The number of hydrogen-bond acceptors (Lipinski definition) is 4. The minimum atomic E-state index is -4.39. The van der Waals surface area contributed by atoms with E-state index in [1.807, 2.05) is 0 Å². The molecule has 3 unspecified atom stereocenters. The number of carbonyl (C=O) groups is 1. The predicted molar refractivity (Wildman–Crippen MR) is 109 cm³/mol. The largest absolute Gasteiger partial charge is 0.416 e. The van der Waals surface area contributed by atoms with Crippen LogP contribution in [0.3, 0.4) is 0 Å². The molecule has 2 N–H and O–H groups in total. The Kier molecular flexibility index (Phi) is 6.73. The lowest BCUT2D eigenvalue weighted by Crippen LogP contribution is -2.35. The van der Waals surface area contributed by atoms with E-state index in [2.05, 4.69) is 10.0 Å². The highest BCUT2D eigenvalue weighted by molar-refractivity contribution is 7.89. The number of sulfonamides is 1. The van der Waals surface area contributed by atoms with Crippen LogP contribution in [0, 0.1) is 5.92 Å². The number of carbonyl (C=O) groups excluding carboxylic acids is 1. The molecule has 0 spiro atoms. The van der Waals surface area contributed by atoms with Gasteiger partial charge in [0.05, 0.1) is 17.1 Å². The molecule has 1 aliphatic rings. The van der Waals surface area contributed by atoms with Crippen molar-refractivity contribution in [3.63, 3.8) is 0 Å². The zero-order chi connectivity index (χ0) is 22.8. The van der Waals surface area contributed by atoms with Gasteiger partial charge < -0.3 is 10.1 Å². The molecular formula is C21H23F3N2O4S. The first-order valence-electron chi connectivity index (χ1n) is 9.60. The lowest BCUT2D eigenvalue weighted by molar-refractivity contribution is -0.137. The summed E-state index contributed by atoms with van der Waals surface area (Å²) in [6.45, 7) is 1.91. The fourth-order valence-electron chi connectivity index (χ4n) is 3.34. The second kappa shape index (κ2) is 8.97. The minimum absolute atomic E-state index is 0.0579. The van der Waals surface area contributed by atoms with Gasteiger partial charge in [-0.15, -0.1) is 0 Å². The Morgan fingerprint density at radius 2 is 1.74 bits per heavy atom. The van der Waals surface area contributed by atoms with Crippen LogP contribution in [0.4, 0.5) is 18.9 Å². The number of rotatable bonds is 8. The van der Waals surface area contributed by atoms with Crippen molar-refractivity contribution in [2.45, 2.75) is 36.4 Å². The fraction of sp³-hybridized carbons (Fsp3) is 0.381. The summed E-state index contributed by atoms with van der Waals surface area (Å²) in [5, 5.41) is 2.72. The number of methoxy groups -OCH3 is 1. The maximum absolute atomic E-state index is 12.7. The molecule has 3 rings (SSSR count). The molecule has 0 aliphatic heterocycles. The SMILES string of the molecule is COCC(C)NS(=O)(=O)c1ccc(NC(=O)C2CC2c2ccc(C(F)(F)F)cc2)cc1. The van der Waals surface area contributed by atoms with Gasteiger partial charge in [0.15, 0.2) is 0 Å². The van der Waals surface area contributed by atoms with Crippen molar-refractivity contribution in [2.75, 3.05) is 19.0 Å². The number of alkyl halides is 3. The standard InChI is InChI=1S/C21H23F3N2O4S/c1-13(12-30-2)26-31(28,29)17-9-7-16(8-10-17)25-20(27)19-11-18(19)14-3-5-15(6-4-14)21(22,23)24/h3-10,13,18-19,26H,11-12H2,1-2H3,(H,25,27). The molecule has 3 atom stereocenters. The predicted octanol–water partition coefficient (Wildman–Crippen LogP) is 3.76. The summed E-state index contributed by atoms with van der Waals surface area (Å²) in [4.78, 5) is 12.5. The van der Waals surface area contributed by atoms with Gasteiger partial charge in [-0.25, -0.2) is 13.1 Å². The number of nitrogens with one attached hydrogen (secondary N) is 2. The van der Waals surface area contributed by atoms with E-state index in [4.69, 9.17) is 4.74 Å². The van der Waals surface area contributed by atoms with E-state index in [0.29, 0.717) is 17.7 Å². The maximum atomic E-state index is 12.7. The maximum Gasteiger partial charge on any atom is 0.416 e. The first kappa shape index (κ1) is 23.2. The van der Waals surface area contributed by atoms with E-state index >= 15 is 0 Å². The van der Waals surface area contributed by atoms with Crippen molar-refractivity contribution in [1.82, 2.24) is 4.72 Å². The number of halogens is 3. The van der Waals surface area contributed by atoms with Crippen LogP contribution in [-0.4, -0.2) is 34.1 Å². The number of ether oxygens (including phenoxy) is 1. The Morgan fingerprint density at radius 1 is 1.13 bits per heavy atom. The number of amides is 1. The summed E-state index contributed by atoms with van der Waals surface area (Å²) in [5.74, 6) is -0.725. The topological polar surface area (TPSA) is 84.5 Å². The van der Waals surface area contributed by atoms with E-state index in [1.165, 1.54) is 43.5 Å². The Bertz CT molecular complexity index is 1020. The Labute approximate surface area is 178 Å². The molecule has 31 heavy (non-hydrogen) atoms. The Morgan fingerprint density at radius 3 is 2.29 bits per heavy atom. The zero-order valence-electron chi connectivity index (χ0n) is 16.9. The van der Waals surface area contributed by atoms with Crippen LogP contribution in [0.25, 0.3) is 0 Å². The number of hydrogen-bond donors (Lipinski definition) is 2. The monoisotopic (exact) mass is 456 g/mol. The van der Waals surface area contributed by atoms with Gasteiger partial charge in [-0.05, 0) is 61.2 Å². The van der Waals surface area contributed by atoms with Crippen molar-refractivity contribution in [3.8, 4) is 0 Å².